The summed E-state index contributed by atoms with van der Waals surface area (Å²) in [7, 11) is 0. The molecule has 0 aliphatic carbocycles. The molecule has 0 atom stereocenters. The van der Waals surface area contributed by atoms with E-state index in [1.165, 1.54) is 29.2 Å². The number of aromatic amines is 1. The van der Waals surface area contributed by atoms with E-state index in [-0.39, 0.29) is 24.0 Å². The van der Waals surface area contributed by atoms with Crippen LogP contribution in [0, 0.1) is 5.82 Å². The standard InChI is InChI=1S/C17H11FN8O/c18-10-1-2-12-14(5-10)26(9-22-12)16-21-7-13-15(24-16)25(17(27)23-13)8-11-6-19-3-4-20-11/h1-7,9H,8H2,(H,23,27). The molecule has 0 unspecified atom stereocenters. The second-order valence-electron chi connectivity index (χ2n) is 5.87. The average molecular weight is 362 g/mol. The van der Waals surface area contributed by atoms with Gasteiger partial charge in [0.15, 0.2) is 5.65 Å². The molecule has 0 bridgehead atoms. The summed E-state index contributed by atoms with van der Waals surface area (Å²) in [4.78, 5) is 36.2. The van der Waals surface area contributed by atoms with Crippen LogP contribution in [0.3, 0.4) is 0 Å². The first-order chi connectivity index (χ1) is 13.2. The maximum absolute atomic E-state index is 13.6. The molecule has 1 N–H and O–H groups in total. The van der Waals surface area contributed by atoms with Gasteiger partial charge in [0.1, 0.15) is 17.7 Å². The molecule has 27 heavy (non-hydrogen) atoms. The predicted octanol–water partition coefficient (Wildman–Crippen LogP) is 1.44. The van der Waals surface area contributed by atoms with E-state index in [9.17, 15) is 9.18 Å². The Hall–Kier alpha value is -3.95. The predicted molar refractivity (Wildman–Crippen MR) is 93.9 cm³/mol. The lowest BCUT2D eigenvalue weighted by Gasteiger charge is -2.05. The number of imidazole rings is 2. The summed E-state index contributed by atoms with van der Waals surface area (Å²) in [5.74, 6) is -0.103. The van der Waals surface area contributed by atoms with Gasteiger partial charge in [0.2, 0.25) is 5.95 Å². The highest BCUT2D eigenvalue weighted by Crippen LogP contribution is 2.18. The fourth-order valence-corrected chi connectivity index (χ4v) is 2.91. The monoisotopic (exact) mass is 362 g/mol. The highest BCUT2D eigenvalue weighted by Gasteiger charge is 2.14. The first kappa shape index (κ1) is 15.3. The van der Waals surface area contributed by atoms with E-state index in [0.717, 1.165) is 0 Å². The normalized spacial score (nSPS) is 11.4. The molecule has 5 rings (SSSR count). The third-order valence-electron chi connectivity index (χ3n) is 4.16. The summed E-state index contributed by atoms with van der Waals surface area (Å²) < 4.78 is 16.6. The van der Waals surface area contributed by atoms with Crippen molar-refractivity contribution < 1.29 is 4.39 Å². The molecule has 0 amide bonds. The zero-order chi connectivity index (χ0) is 18.4. The van der Waals surface area contributed by atoms with Crippen molar-refractivity contribution in [1.82, 2.24) is 39.0 Å². The van der Waals surface area contributed by atoms with Crippen LogP contribution in [-0.2, 0) is 6.54 Å². The Labute approximate surface area is 150 Å². The first-order valence-electron chi connectivity index (χ1n) is 8.02. The molecule has 5 aromatic rings. The maximum Gasteiger partial charge on any atom is 0.328 e. The van der Waals surface area contributed by atoms with Crippen molar-refractivity contribution in [3.05, 3.63) is 71.3 Å². The van der Waals surface area contributed by atoms with Gasteiger partial charge in [-0.3, -0.25) is 19.1 Å². The van der Waals surface area contributed by atoms with Crippen LogP contribution in [0.15, 0.2) is 54.1 Å². The van der Waals surface area contributed by atoms with E-state index in [1.807, 2.05) is 0 Å². The van der Waals surface area contributed by atoms with Crippen LogP contribution in [0.1, 0.15) is 5.69 Å². The summed E-state index contributed by atoms with van der Waals surface area (Å²) >= 11 is 0. The number of hydrogen-bond donors (Lipinski definition) is 1. The zero-order valence-electron chi connectivity index (χ0n) is 13.7. The third kappa shape index (κ3) is 2.54. The Morgan fingerprint density at radius 3 is 2.89 bits per heavy atom. The van der Waals surface area contributed by atoms with Crippen molar-refractivity contribution in [2.75, 3.05) is 0 Å². The summed E-state index contributed by atoms with van der Waals surface area (Å²) in [5, 5.41) is 0. The van der Waals surface area contributed by atoms with Gasteiger partial charge in [-0.25, -0.2) is 19.2 Å². The molecule has 132 valence electrons. The fraction of sp³-hybridized carbons (Fsp3) is 0.0588. The second kappa shape index (κ2) is 5.80. The minimum atomic E-state index is -0.383. The minimum absolute atomic E-state index is 0.211. The SMILES string of the molecule is O=c1[nH]c2cnc(-n3cnc4ccc(F)cc43)nc2n1Cc1cnccn1. The van der Waals surface area contributed by atoms with Gasteiger partial charge in [0.05, 0.1) is 35.7 Å². The lowest BCUT2D eigenvalue weighted by atomic mass is 10.3. The Kier molecular flexibility index (Phi) is 3.29. The number of fused-ring (bicyclic) bond motifs is 2. The zero-order valence-corrected chi connectivity index (χ0v) is 13.7. The molecule has 0 saturated heterocycles. The van der Waals surface area contributed by atoms with E-state index < -0.39 is 0 Å². The Bertz CT molecular complexity index is 1340. The van der Waals surface area contributed by atoms with Crippen LogP contribution in [0.5, 0.6) is 0 Å². The summed E-state index contributed by atoms with van der Waals surface area (Å²) in [6, 6.07) is 4.29. The van der Waals surface area contributed by atoms with E-state index in [0.29, 0.717) is 27.9 Å². The number of nitrogens with zero attached hydrogens (tertiary/aromatic N) is 7. The molecule has 10 heteroatoms. The molecule has 1 aromatic carbocycles. The smallest absolute Gasteiger partial charge is 0.303 e. The van der Waals surface area contributed by atoms with E-state index in [4.69, 9.17) is 0 Å². The number of benzene rings is 1. The Morgan fingerprint density at radius 1 is 1.11 bits per heavy atom. The lowest BCUT2D eigenvalue weighted by molar-refractivity contribution is 0.629. The number of H-pyrrole nitrogens is 1. The molecular formula is C17H11FN8O. The van der Waals surface area contributed by atoms with E-state index in [1.54, 1.807) is 29.2 Å². The molecule has 0 spiro atoms. The van der Waals surface area contributed by atoms with Crippen molar-refractivity contribution in [3.63, 3.8) is 0 Å². The Balaban J connectivity index is 1.67. The molecular weight excluding hydrogens is 351 g/mol. The van der Waals surface area contributed by atoms with Crippen LogP contribution in [0.2, 0.25) is 0 Å². The molecule has 4 heterocycles. The van der Waals surface area contributed by atoms with Gasteiger partial charge < -0.3 is 4.98 Å². The number of halogens is 1. The molecule has 0 saturated carbocycles. The second-order valence-corrected chi connectivity index (χ2v) is 5.87. The van der Waals surface area contributed by atoms with Gasteiger partial charge in [-0.15, -0.1) is 0 Å². The van der Waals surface area contributed by atoms with Gasteiger partial charge >= 0.3 is 5.69 Å². The van der Waals surface area contributed by atoms with Gasteiger partial charge in [-0.1, -0.05) is 0 Å². The number of aromatic nitrogens is 8. The number of nitrogens with one attached hydrogen (secondary N) is 1. The summed E-state index contributed by atoms with van der Waals surface area (Å²) in [6.07, 6.45) is 7.73. The van der Waals surface area contributed by atoms with Crippen LogP contribution in [-0.4, -0.2) is 39.0 Å². The van der Waals surface area contributed by atoms with Gasteiger partial charge in [-0.2, -0.15) is 4.98 Å². The summed E-state index contributed by atoms with van der Waals surface area (Å²) in [5.41, 5.74) is 2.34. The fourth-order valence-electron chi connectivity index (χ4n) is 2.91. The van der Waals surface area contributed by atoms with Crippen molar-refractivity contribution in [1.29, 1.82) is 0 Å². The van der Waals surface area contributed by atoms with Crippen LogP contribution in [0.25, 0.3) is 28.1 Å². The molecule has 0 aliphatic rings. The van der Waals surface area contributed by atoms with E-state index >= 15 is 0 Å². The molecule has 4 aromatic heterocycles. The molecule has 0 fully saturated rings. The summed E-state index contributed by atoms with van der Waals surface area (Å²) in [6.45, 7) is 0.211. The van der Waals surface area contributed by atoms with Crippen LogP contribution in [0.4, 0.5) is 4.39 Å². The number of hydrogen-bond acceptors (Lipinski definition) is 6. The topological polar surface area (TPSA) is 107 Å². The average Bonchev–Trinajstić information content (AvgIpc) is 3.23. The van der Waals surface area contributed by atoms with Gasteiger partial charge in [0, 0.05) is 18.5 Å². The largest absolute Gasteiger partial charge is 0.328 e. The Morgan fingerprint density at radius 2 is 2.04 bits per heavy atom. The van der Waals surface area contributed by atoms with Gasteiger partial charge in [0.25, 0.3) is 0 Å². The first-order valence-corrected chi connectivity index (χ1v) is 8.02. The van der Waals surface area contributed by atoms with Crippen molar-refractivity contribution in [2.45, 2.75) is 6.54 Å². The molecule has 0 aliphatic heterocycles. The number of rotatable bonds is 3. The third-order valence-corrected chi connectivity index (χ3v) is 4.16. The van der Waals surface area contributed by atoms with Crippen LogP contribution >= 0.6 is 0 Å². The molecule has 9 nitrogen and oxygen atoms in total. The maximum atomic E-state index is 13.6. The quantitative estimate of drug-likeness (QED) is 0.520. The highest BCUT2D eigenvalue weighted by atomic mass is 19.1. The molecule has 0 radical (unpaired) electrons. The lowest BCUT2D eigenvalue weighted by Crippen LogP contribution is -2.18. The van der Waals surface area contributed by atoms with Crippen molar-refractivity contribution in [3.8, 4) is 5.95 Å². The van der Waals surface area contributed by atoms with Crippen LogP contribution < -0.4 is 5.69 Å². The van der Waals surface area contributed by atoms with E-state index in [2.05, 4.69) is 29.9 Å². The van der Waals surface area contributed by atoms with Gasteiger partial charge in [-0.05, 0) is 12.1 Å². The minimum Gasteiger partial charge on any atom is -0.303 e. The van der Waals surface area contributed by atoms with Crippen molar-refractivity contribution in [2.24, 2.45) is 0 Å². The van der Waals surface area contributed by atoms with Crippen molar-refractivity contribution >= 4 is 22.2 Å². The highest BCUT2D eigenvalue weighted by molar-refractivity contribution is 5.77.